The molecule has 0 saturated carbocycles. The van der Waals surface area contributed by atoms with Crippen LogP contribution in [0.1, 0.15) is 39.8 Å². The monoisotopic (exact) mass is 510 g/mol. The highest BCUT2D eigenvalue weighted by Gasteiger charge is 2.43. The SMILES string of the molecule is COc1cc(CO)c([C@H]2C(=O)[C@@H](c3ccc(OC)c(OC)c3)Oc3cc(CO)cc(OC)c32)c(OC)c1. The molecule has 0 aliphatic carbocycles. The molecule has 1 aliphatic heterocycles. The smallest absolute Gasteiger partial charge is 0.190 e. The Labute approximate surface area is 215 Å². The van der Waals surface area contributed by atoms with Gasteiger partial charge in [-0.1, -0.05) is 6.07 Å². The van der Waals surface area contributed by atoms with Gasteiger partial charge in [0.2, 0.25) is 0 Å². The van der Waals surface area contributed by atoms with Crippen molar-refractivity contribution >= 4 is 5.78 Å². The van der Waals surface area contributed by atoms with Crippen molar-refractivity contribution in [3.63, 3.8) is 0 Å². The quantitative estimate of drug-likeness (QED) is 0.446. The number of fused-ring (bicyclic) bond motifs is 1. The lowest BCUT2D eigenvalue weighted by Crippen LogP contribution is -2.32. The molecule has 0 unspecified atom stereocenters. The average Bonchev–Trinajstić information content (AvgIpc) is 2.95. The van der Waals surface area contributed by atoms with E-state index < -0.39 is 12.0 Å². The van der Waals surface area contributed by atoms with Crippen LogP contribution in [0.25, 0.3) is 0 Å². The summed E-state index contributed by atoms with van der Waals surface area (Å²) in [5, 5.41) is 20.1. The standard InChI is InChI=1S/C28H30O9/c1-32-18-10-17(14-30)24(22(12-18)36-5)26-25-21(35-4)8-15(13-29)9-23(25)37-28(27(26)31)16-6-7-19(33-2)20(11-16)34-3/h6-12,26,28-30H,13-14H2,1-5H3/t26-,28-/m1/s1. The Balaban J connectivity index is 2.00. The molecule has 196 valence electrons. The third-order valence-corrected chi connectivity index (χ3v) is 6.47. The molecule has 9 nitrogen and oxygen atoms in total. The van der Waals surface area contributed by atoms with E-state index in [-0.39, 0.29) is 19.0 Å². The fraction of sp³-hybridized carbons (Fsp3) is 0.321. The normalized spacial score (nSPS) is 16.5. The number of carbonyl (C=O) groups excluding carboxylic acids is 1. The summed E-state index contributed by atoms with van der Waals surface area (Å²) >= 11 is 0. The topological polar surface area (TPSA) is 113 Å². The number of aliphatic hydroxyl groups excluding tert-OH is 2. The molecule has 0 saturated heterocycles. The van der Waals surface area contributed by atoms with Gasteiger partial charge in [0.15, 0.2) is 23.4 Å². The van der Waals surface area contributed by atoms with Gasteiger partial charge in [-0.3, -0.25) is 4.79 Å². The van der Waals surface area contributed by atoms with Crippen molar-refractivity contribution in [1.29, 1.82) is 0 Å². The van der Waals surface area contributed by atoms with Crippen LogP contribution in [0.5, 0.6) is 34.5 Å². The van der Waals surface area contributed by atoms with Gasteiger partial charge in [-0.15, -0.1) is 0 Å². The van der Waals surface area contributed by atoms with E-state index in [1.165, 1.54) is 35.5 Å². The molecule has 1 heterocycles. The van der Waals surface area contributed by atoms with E-state index in [2.05, 4.69) is 0 Å². The highest BCUT2D eigenvalue weighted by molar-refractivity contribution is 5.97. The summed E-state index contributed by atoms with van der Waals surface area (Å²) in [7, 11) is 7.52. The number of Topliss-reactive ketones (excluding diaryl/α,β-unsaturated/α-hetero) is 1. The van der Waals surface area contributed by atoms with Crippen molar-refractivity contribution in [2.45, 2.75) is 25.2 Å². The molecule has 0 fully saturated rings. The number of benzene rings is 3. The van der Waals surface area contributed by atoms with Gasteiger partial charge in [0.05, 0.1) is 60.2 Å². The lowest BCUT2D eigenvalue weighted by Gasteiger charge is -2.34. The van der Waals surface area contributed by atoms with Gasteiger partial charge in [-0.25, -0.2) is 0 Å². The first-order valence-electron chi connectivity index (χ1n) is 11.5. The third-order valence-electron chi connectivity index (χ3n) is 6.47. The van der Waals surface area contributed by atoms with E-state index in [1.54, 1.807) is 42.5 Å². The summed E-state index contributed by atoms with van der Waals surface area (Å²) in [4.78, 5) is 14.3. The first kappa shape index (κ1) is 26.1. The van der Waals surface area contributed by atoms with E-state index in [1.807, 2.05) is 0 Å². The number of ketones is 1. The van der Waals surface area contributed by atoms with Gasteiger partial charge in [-0.2, -0.15) is 0 Å². The summed E-state index contributed by atoms with van der Waals surface area (Å²) in [5.41, 5.74) is 2.51. The molecular formula is C28H30O9. The first-order valence-corrected chi connectivity index (χ1v) is 11.5. The minimum atomic E-state index is -1.03. The predicted octanol–water partition coefficient (Wildman–Crippen LogP) is 3.55. The van der Waals surface area contributed by atoms with E-state index in [0.717, 1.165) is 0 Å². The van der Waals surface area contributed by atoms with Crippen LogP contribution in [0, 0.1) is 0 Å². The Morgan fingerprint density at radius 2 is 1.41 bits per heavy atom. The molecular weight excluding hydrogens is 480 g/mol. The minimum absolute atomic E-state index is 0.250. The zero-order chi connectivity index (χ0) is 26.7. The molecule has 0 spiro atoms. The summed E-state index contributed by atoms with van der Waals surface area (Å²) in [5.74, 6) is 1.31. The van der Waals surface area contributed by atoms with E-state index in [4.69, 9.17) is 28.4 Å². The highest BCUT2D eigenvalue weighted by atomic mass is 16.5. The Morgan fingerprint density at radius 3 is 2.00 bits per heavy atom. The molecule has 0 aromatic heterocycles. The van der Waals surface area contributed by atoms with Gasteiger partial charge in [0.25, 0.3) is 0 Å². The average molecular weight is 511 g/mol. The van der Waals surface area contributed by atoms with Gasteiger partial charge in [0.1, 0.15) is 23.0 Å². The lowest BCUT2D eigenvalue weighted by molar-refractivity contribution is -0.128. The van der Waals surface area contributed by atoms with Crippen LogP contribution in [0.4, 0.5) is 0 Å². The van der Waals surface area contributed by atoms with Crippen molar-refractivity contribution < 1.29 is 43.4 Å². The van der Waals surface area contributed by atoms with Crippen LogP contribution in [0.3, 0.4) is 0 Å². The molecule has 2 N–H and O–H groups in total. The maximum absolute atomic E-state index is 14.3. The van der Waals surface area contributed by atoms with Crippen LogP contribution in [-0.2, 0) is 18.0 Å². The molecule has 0 amide bonds. The Hall–Kier alpha value is -3.95. The number of hydrogen-bond donors (Lipinski definition) is 2. The lowest BCUT2D eigenvalue weighted by atomic mass is 9.78. The Kier molecular flexibility index (Phi) is 7.75. The number of hydrogen-bond acceptors (Lipinski definition) is 9. The summed E-state index contributed by atoms with van der Waals surface area (Å²) in [6, 6.07) is 11.8. The molecule has 0 bridgehead atoms. The zero-order valence-electron chi connectivity index (χ0n) is 21.4. The zero-order valence-corrected chi connectivity index (χ0v) is 21.4. The highest BCUT2D eigenvalue weighted by Crippen LogP contribution is 2.51. The number of carbonyl (C=O) groups is 1. The van der Waals surface area contributed by atoms with Crippen LogP contribution < -0.4 is 28.4 Å². The molecule has 2 atom stereocenters. The second kappa shape index (κ2) is 11.0. The summed E-state index contributed by atoms with van der Waals surface area (Å²) in [6.07, 6.45) is -1.03. The van der Waals surface area contributed by atoms with E-state index >= 15 is 0 Å². The Morgan fingerprint density at radius 1 is 0.730 bits per heavy atom. The van der Waals surface area contributed by atoms with E-state index in [9.17, 15) is 15.0 Å². The van der Waals surface area contributed by atoms with Crippen molar-refractivity contribution in [2.75, 3.05) is 35.5 Å². The largest absolute Gasteiger partial charge is 0.497 e. The molecule has 9 heteroatoms. The molecule has 0 radical (unpaired) electrons. The summed E-state index contributed by atoms with van der Waals surface area (Å²) < 4.78 is 33.7. The number of methoxy groups -OCH3 is 5. The van der Waals surface area contributed by atoms with Crippen molar-refractivity contribution in [2.24, 2.45) is 0 Å². The molecule has 37 heavy (non-hydrogen) atoms. The van der Waals surface area contributed by atoms with Crippen LogP contribution in [0.2, 0.25) is 0 Å². The fourth-order valence-electron chi connectivity index (χ4n) is 4.71. The minimum Gasteiger partial charge on any atom is -0.497 e. The molecule has 4 rings (SSSR count). The molecule has 3 aromatic carbocycles. The second-order valence-electron chi connectivity index (χ2n) is 8.38. The fourth-order valence-corrected chi connectivity index (χ4v) is 4.71. The second-order valence-corrected chi connectivity index (χ2v) is 8.38. The van der Waals surface area contributed by atoms with Gasteiger partial charge < -0.3 is 38.6 Å². The maximum atomic E-state index is 14.3. The Bertz CT molecular complexity index is 1280. The van der Waals surface area contributed by atoms with Gasteiger partial charge >= 0.3 is 0 Å². The van der Waals surface area contributed by atoms with Crippen LogP contribution >= 0.6 is 0 Å². The molecule has 1 aliphatic rings. The van der Waals surface area contributed by atoms with Crippen LogP contribution in [-0.4, -0.2) is 51.5 Å². The van der Waals surface area contributed by atoms with Crippen molar-refractivity contribution in [1.82, 2.24) is 0 Å². The molecule has 3 aromatic rings. The number of rotatable bonds is 9. The van der Waals surface area contributed by atoms with Crippen LogP contribution in [0.15, 0.2) is 42.5 Å². The van der Waals surface area contributed by atoms with Crippen molar-refractivity contribution in [3.05, 3.63) is 70.3 Å². The van der Waals surface area contributed by atoms with Gasteiger partial charge in [-0.05, 0) is 41.5 Å². The third kappa shape index (κ3) is 4.63. The number of aliphatic hydroxyl groups is 2. The van der Waals surface area contributed by atoms with E-state index in [0.29, 0.717) is 62.3 Å². The maximum Gasteiger partial charge on any atom is 0.190 e. The number of ether oxygens (including phenoxy) is 6. The summed E-state index contributed by atoms with van der Waals surface area (Å²) in [6.45, 7) is -0.610. The predicted molar refractivity (Wildman–Crippen MR) is 134 cm³/mol. The van der Waals surface area contributed by atoms with Gasteiger partial charge in [0, 0.05) is 17.2 Å². The van der Waals surface area contributed by atoms with Crippen molar-refractivity contribution in [3.8, 4) is 34.5 Å². The first-order chi connectivity index (χ1) is 17.9.